The Hall–Kier alpha value is -1.96. The zero-order valence-corrected chi connectivity index (χ0v) is 17.6. The molecule has 1 aromatic carbocycles. The number of aromatic nitrogens is 2. The molecule has 1 unspecified atom stereocenters. The summed E-state index contributed by atoms with van der Waals surface area (Å²) in [7, 11) is 0. The maximum atomic E-state index is 13.3. The van der Waals surface area contributed by atoms with E-state index >= 15 is 0 Å². The number of carbonyl (C=O) groups is 1. The third-order valence-corrected chi connectivity index (χ3v) is 6.13. The molecule has 1 aliphatic rings. The largest absolute Gasteiger partial charge is 0.334 e. The molecule has 5 nitrogen and oxygen atoms in total. The van der Waals surface area contributed by atoms with Crippen molar-refractivity contribution in [3.8, 4) is 5.69 Å². The van der Waals surface area contributed by atoms with E-state index in [-0.39, 0.29) is 30.2 Å². The van der Waals surface area contributed by atoms with Crippen LogP contribution in [0, 0.1) is 12.7 Å². The summed E-state index contributed by atoms with van der Waals surface area (Å²) in [5.41, 5.74) is 1.66. The fourth-order valence-corrected chi connectivity index (χ4v) is 4.79. The number of thiophene rings is 1. The second-order valence-corrected chi connectivity index (χ2v) is 7.98. The lowest BCUT2D eigenvalue weighted by molar-refractivity contribution is 0.0697. The van der Waals surface area contributed by atoms with Crippen molar-refractivity contribution in [2.75, 3.05) is 19.6 Å². The lowest BCUT2D eigenvalue weighted by Gasteiger charge is -2.27. The molecule has 0 spiro atoms. The van der Waals surface area contributed by atoms with Crippen molar-refractivity contribution < 1.29 is 9.18 Å². The van der Waals surface area contributed by atoms with Crippen molar-refractivity contribution in [3.63, 3.8) is 0 Å². The minimum absolute atomic E-state index is 0. The Morgan fingerprint density at radius 2 is 2.14 bits per heavy atom. The van der Waals surface area contributed by atoms with Crippen molar-refractivity contribution in [1.29, 1.82) is 0 Å². The van der Waals surface area contributed by atoms with E-state index in [0.717, 1.165) is 59.0 Å². The highest BCUT2D eigenvalue weighted by molar-refractivity contribution is 7.20. The Kier molecular flexibility index (Phi) is 6.37. The zero-order valence-electron chi connectivity index (χ0n) is 15.9. The number of carbonyl (C=O) groups excluding carboxylic acids is 1. The average Bonchev–Trinajstić information content (AvgIpc) is 3.38. The molecule has 2 aromatic heterocycles. The third-order valence-electron chi connectivity index (χ3n) is 5.03. The van der Waals surface area contributed by atoms with Crippen LogP contribution in [0.3, 0.4) is 0 Å². The summed E-state index contributed by atoms with van der Waals surface area (Å²) in [6.07, 6.45) is 1.94. The fourth-order valence-electron chi connectivity index (χ4n) is 3.65. The van der Waals surface area contributed by atoms with Gasteiger partial charge in [0, 0.05) is 24.5 Å². The summed E-state index contributed by atoms with van der Waals surface area (Å²) in [5, 5.41) is 8.91. The summed E-state index contributed by atoms with van der Waals surface area (Å²) in [6, 6.07) is 8.47. The number of aryl methyl sites for hydroxylation is 1. The summed E-state index contributed by atoms with van der Waals surface area (Å²) in [5.74, 6) is -0.182. The molecule has 1 atom stereocenters. The Morgan fingerprint density at radius 1 is 1.39 bits per heavy atom. The van der Waals surface area contributed by atoms with E-state index in [9.17, 15) is 9.18 Å². The highest BCUT2D eigenvalue weighted by Gasteiger charge is 2.28. The average molecular weight is 423 g/mol. The lowest BCUT2D eigenvalue weighted by atomic mass is 10.2. The number of nitrogens with one attached hydrogen (secondary N) is 1. The van der Waals surface area contributed by atoms with Gasteiger partial charge in [-0.3, -0.25) is 4.79 Å². The summed E-state index contributed by atoms with van der Waals surface area (Å²) in [4.78, 5) is 16.9. The van der Waals surface area contributed by atoms with Crippen LogP contribution < -0.4 is 5.32 Å². The number of hydrogen-bond acceptors (Lipinski definition) is 4. The van der Waals surface area contributed by atoms with Crippen molar-refractivity contribution in [1.82, 2.24) is 20.0 Å². The molecule has 1 fully saturated rings. The van der Waals surface area contributed by atoms with Gasteiger partial charge in [0.2, 0.25) is 0 Å². The van der Waals surface area contributed by atoms with Gasteiger partial charge in [-0.2, -0.15) is 5.10 Å². The number of halogens is 2. The van der Waals surface area contributed by atoms with Gasteiger partial charge in [0.1, 0.15) is 10.6 Å². The van der Waals surface area contributed by atoms with Gasteiger partial charge < -0.3 is 10.2 Å². The molecule has 0 saturated carbocycles. The molecular formula is C20H24ClFN4OS. The second kappa shape index (κ2) is 8.59. The van der Waals surface area contributed by atoms with Crippen LogP contribution in [0.2, 0.25) is 0 Å². The molecular weight excluding hydrogens is 399 g/mol. The highest BCUT2D eigenvalue weighted by atomic mass is 35.5. The van der Waals surface area contributed by atoms with Crippen LogP contribution in [0.4, 0.5) is 4.39 Å². The molecule has 4 rings (SSSR count). The van der Waals surface area contributed by atoms with Gasteiger partial charge in [-0.05, 0) is 56.6 Å². The van der Waals surface area contributed by atoms with E-state index in [1.165, 1.54) is 23.5 Å². The third kappa shape index (κ3) is 3.79. The molecule has 150 valence electrons. The van der Waals surface area contributed by atoms with Crippen LogP contribution in [0.5, 0.6) is 0 Å². The number of amides is 1. The van der Waals surface area contributed by atoms with Crippen LogP contribution in [0.15, 0.2) is 30.3 Å². The van der Waals surface area contributed by atoms with Gasteiger partial charge in [-0.1, -0.05) is 6.92 Å². The smallest absolute Gasteiger partial charge is 0.264 e. The van der Waals surface area contributed by atoms with Gasteiger partial charge in [-0.15, -0.1) is 23.7 Å². The molecule has 3 heterocycles. The SMILES string of the molecule is CCCN(C(=O)c1cc2c(C)nn(-c3ccc(F)cc3)c2s1)C1CCNC1.Cl. The van der Waals surface area contributed by atoms with E-state index in [1.807, 2.05) is 17.9 Å². The van der Waals surface area contributed by atoms with Crippen molar-refractivity contribution >= 4 is 39.9 Å². The number of fused-ring (bicyclic) bond motifs is 1. The lowest BCUT2D eigenvalue weighted by Crippen LogP contribution is -2.41. The predicted octanol–water partition coefficient (Wildman–Crippen LogP) is 4.17. The molecule has 28 heavy (non-hydrogen) atoms. The maximum Gasteiger partial charge on any atom is 0.264 e. The molecule has 1 N–H and O–H groups in total. The van der Waals surface area contributed by atoms with Crippen molar-refractivity contribution in [3.05, 3.63) is 46.7 Å². The van der Waals surface area contributed by atoms with Crippen molar-refractivity contribution in [2.45, 2.75) is 32.7 Å². The molecule has 1 amide bonds. The normalized spacial score (nSPS) is 16.3. The topological polar surface area (TPSA) is 50.2 Å². The van der Waals surface area contributed by atoms with E-state index in [4.69, 9.17) is 0 Å². The predicted molar refractivity (Wildman–Crippen MR) is 113 cm³/mol. The summed E-state index contributed by atoms with van der Waals surface area (Å²) < 4.78 is 15.1. The van der Waals surface area contributed by atoms with Crippen LogP contribution in [0.25, 0.3) is 15.9 Å². The molecule has 1 saturated heterocycles. The first-order valence-electron chi connectivity index (χ1n) is 9.35. The van der Waals surface area contributed by atoms with Gasteiger partial charge in [0.15, 0.2) is 0 Å². The molecule has 3 aromatic rings. The van der Waals surface area contributed by atoms with E-state index < -0.39 is 0 Å². The van der Waals surface area contributed by atoms with Crippen LogP contribution in [-0.2, 0) is 0 Å². The van der Waals surface area contributed by atoms with Gasteiger partial charge in [0.25, 0.3) is 5.91 Å². The van der Waals surface area contributed by atoms with Gasteiger partial charge in [-0.25, -0.2) is 9.07 Å². The molecule has 0 aliphatic carbocycles. The minimum Gasteiger partial charge on any atom is -0.334 e. The second-order valence-electron chi connectivity index (χ2n) is 6.95. The quantitative estimate of drug-likeness (QED) is 0.671. The van der Waals surface area contributed by atoms with Crippen LogP contribution in [-0.4, -0.2) is 46.3 Å². The highest BCUT2D eigenvalue weighted by Crippen LogP contribution is 2.31. The number of nitrogens with zero attached hydrogens (tertiary/aromatic N) is 3. The fraction of sp³-hybridized carbons (Fsp3) is 0.400. The number of rotatable bonds is 5. The summed E-state index contributed by atoms with van der Waals surface area (Å²) >= 11 is 1.46. The standard InChI is InChI=1S/C20H23FN4OS.ClH/c1-3-10-24(16-8-9-22-12-16)19(26)18-11-17-13(2)23-25(20(17)27-18)15-6-4-14(21)5-7-15;/h4-7,11,16,22H,3,8-10,12H2,1-2H3;1H. The number of benzene rings is 1. The van der Waals surface area contributed by atoms with E-state index in [0.29, 0.717) is 0 Å². The van der Waals surface area contributed by atoms with Crippen molar-refractivity contribution in [2.24, 2.45) is 0 Å². The minimum atomic E-state index is -0.277. The monoisotopic (exact) mass is 422 g/mol. The zero-order chi connectivity index (χ0) is 19.0. The Morgan fingerprint density at radius 3 is 2.79 bits per heavy atom. The van der Waals surface area contributed by atoms with Gasteiger partial charge in [0.05, 0.1) is 16.3 Å². The van der Waals surface area contributed by atoms with Crippen LogP contribution in [0.1, 0.15) is 35.1 Å². The molecule has 0 bridgehead atoms. The molecule has 1 aliphatic heterocycles. The van der Waals surface area contributed by atoms with E-state index in [1.54, 1.807) is 16.8 Å². The maximum absolute atomic E-state index is 13.3. The number of hydrogen-bond donors (Lipinski definition) is 1. The van der Waals surface area contributed by atoms with Crippen LogP contribution >= 0.6 is 23.7 Å². The molecule has 0 radical (unpaired) electrons. The first-order valence-corrected chi connectivity index (χ1v) is 10.2. The van der Waals surface area contributed by atoms with E-state index in [2.05, 4.69) is 17.3 Å². The molecule has 8 heteroatoms. The first kappa shape index (κ1) is 20.8. The summed E-state index contributed by atoms with van der Waals surface area (Å²) in [6.45, 7) is 6.63. The Labute approximate surface area is 173 Å². The van der Waals surface area contributed by atoms with Gasteiger partial charge >= 0.3 is 0 Å². The Balaban J connectivity index is 0.00000225. The Bertz CT molecular complexity index is 963. The first-order chi connectivity index (χ1) is 13.1.